The quantitative estimate of drug-likeness (QED) is 0.229. The number of carbonyl (C=O) groups excluding carboxylic acids is 1. The number of nitrogens with one attached hydrogen (secondary N) is 1. The van der Waals surface area contributed by atoms with E-state index in [2.05, 4.69) is 64.7 Å². The van der Waals surface area contributed by atoms with Crippen molar-refractivity contribution >= 4 is 17.2 Å². The van der Waals surface area contributed by atoms with Crippen molar-refractivity contribution < 1.29 is 24.1 Å². The van der Waals surface area contributed by atoms with Gasteiger partial charge in [-0.3, -0.25) is 4.79 Å². The normalized spacial score (nSPS) is 16.9. The smallest absolute Gasteiger partial charge is 0.293 e. The van der Waals surface area contributed by atoms with Gasteiger partial charge in [0.1, 0.15) is 18.0 Å². The molecule has 1 saturated heterocycles. The lowest BCUT2D eigenvalue weighted by Crippen LogP contribution is -2.41. The summed E-state index contributed by atoms with van der Waals surface area (Å²) in [6, 6.07) is 31.1. The first kappa shape index (κ1) is 30.3. The maximum atomic E-state index is 9.60. The van der Waals surface area contributed by atoms with Gasteiger partial charge < -0.3 is 24.6 Å². The molecule has 0 spiro atoms. The molecule has 0 aliphatic carbocycles. The van der Waals surface area contributed by atoms with E-state index in [4.69, 9.17) is 9.47 Å². The third-order valence-electron chi connectivity index (χ3n) is 6.97. The zero-order chi connectivity index (χ0) is 29.1. The fourth-order valence-corrected chi connectivity index (χ4v) is 4.93. The van der Waals surface area contributed by atoms with E-state index in [-0.39, 0.29) is 18.3 Å². The SMILES string of the molecule is CC(C)(C)OC=O.OCc1cccc(C2CCNCC2OCc2cc(OCc3ccccc3)c3ccccc3c2)c1. The number of hydrogen-bond acceptors (Lipinski definition) is 6. The van der Waals surface area contributed by atoms with Crippen LogP contribution < -0.4 is 10.1 Å². The molecule has 1 heterocycles. The van der Waals surface area contributed by atoms with E-state index in [1.165, 1.54) is 5.56 Å². The molecule has 1 aliphatic heterocycles. The molecule has 0 radical (unpaired) electrons. The number of carbonyl (C=O) groups is 1. The topological polar surface area (TPSA) is 77.0 Å². The predicted octanol–water partition coefficient (Wildman–Crippen LogP) is 6.53. The summed E-state index contributed by atoms with van der Waals surface area (Å²) in [7, 11) is 0. The highest BCUT2D eigenvalue weighted by Crippen LogP contribution is 2.32. The van der Waals surface area contributed by atoms with E-state index in [9.17, 15) is 9.90 Å². The second-order valence-corrected chi connectivity index (χ2v) is 11.3. The molecular weight excluding hydrogens is 514 g/mol. The van der Waals surface area contributed by atoms with E-state index in [1.807, 2.05) is 57.2 Å². The summed E-state index contributed by atoms with van der Waals surface area (Å²) in [5.41, 5.74) is 4.12. The van der Waals surface area contributed by atoms with Crippen LogP contribution in [0.25, 0.3) is 10.8 Å². The molecule has 5 rings (SSSR count). The summed E-state index contributed by atoms with van der Waals surface area (Å²) in [6.45, 7) is 8.83. The first-order chi connectivity index (χ1) is 19.9. The predicted molar refractivity (Wildman–Crippen MR) is 163 cm³/mol. The molecule has 0 amide bonds. The van der Waals surface area contributed by atoms with Crippen LogP contribution in [0.15, 0.2) is 91.0 Å². The zero-order valence-corrected chi connectivity index (χ0v) is 24.2. The summed E-state index contributed by atoms with van der Waals surface area (Å²) >= 11 is 0. The maximum absolute atomic E-state index is 9.60. The van der Waals surface area contributed by atoms with Gasteiger partial charge >= 0.3 is 0 Å². The molecular formula is C35H41NO5. The fraction of sp³-hybridized carbons (Fsp3) is 0.343. The minimum Gasteiger partial charge on any atom is -0.488 e. The lowest BCUT2D eigenvalue weighted by molar-refractivity contribution is -0.138. The van der Waals surface area contributed by atoms with Gasteiger partial charge in [-0.05, 0) is 73.5 Å². The van der Waals surface area contributed by atoms with Crippen molar-refractivity contribution in [1.82, 2.24) is 5.32 Å². The Kier molecular flexibility index (Phi) is 10.9. The van der Waals surface area contributed by atoms with E-state index in [0.717, 1.165) is 52.7 Å². The van der Waals surface area contributed by atoms with Crippen LogP contribution in [-0.4, -0.2) is 36.4 Å². The summed E-state index contributed by atoms with van der Waals surface area (Å²) in [5.74, 6) is 1.19. The van der Waals surface area contributed by atoms with Crippen LogP contribution in [0.4, 0.5) is 0 Å². The summed E-state index contributed by atoms with van der Waals surface area (Å²) < 4.78 is 17.3. The Morgan fingerprint density at radius 2 is 1.63 bits per heavy atom. The molecule has 2 N–H and O–H groups in total. The van der Waals surface area contributed by atoms with E-state index in [0.29, 0.717) is 25.6 Å². The van der Waals surface area contributed by atoms with Gasteiger partial charge in [-0.1, -0.05) is 78.9 Å². The molecule has 0 aromatic heterocycles. The third kappa shape index (κ3) is 9.15. The number of ether oxygens (including phenoxy) is 3. The second kappa shape index (κ2) is 14.8. The number of aliphatic hydroxyl groups excluding tert-OH is 1. The lowest BCUT2D eigenvalue weighted by atomic mass is 9.87. The molecule has 6 nitrogen and oxygen atoms in total. The lowest BCUT2D eigenvalue weighted by Gasteiger charge is -2.33. The van der Waals surface area contributed by atoms with Gasteiger partial charge in [0.2, 0.25) is 0 Å². The number of fused-ring (bicyclic) bond motifs is 1. The van der Waals surface area contributed by atoms with Crippen LogP contribution in [0.3, 0.4) is 0 Å². The van der Waals surface area contributed by atoms with E-state index >= 15 is 0 Å². The molecule has 2 atom stereocenters. The largest absolute Gasteiger partial charge is 0.488 e. The van der Waals surface area contributed by atoms with Gasteiger partial charge in [-0.25, -0.2) is 0 Å². The van der Waals surface area contributed by atoms with Crippen molar-refractivity contribution in [2.24, 2.45) is 0 Å². The van der Waals surface area contributed by atoms with Crippen molar-refractivity contribution in [2.75, 3.05) is 13.1 Å². The Hall–Kier alpha value is -3.71. The highest BCUT2D eigenvalue weighted by molar-refractivity contribution is 5.89. The molecule has 1 fully saturated rings. The average molecular weight is 556 g/mol. The van der Waals surface area contributed by atoms with Crippen LogP contribution in [-0.2, 0) is 34.1 Å². The Morgan fingerprint density at radius 1 is 0.878 bits per heavy atom. The van der Waals surface area contributed by atoms with Gasteiger partial charge in [0.15, 0.2) is 0 Å². The molecule has 41 heavy (non-hydrogen) atoms. The molecule has 4 aromatic rings. The van der Waals surface area contributed by atoms with Crippen LogP contribution in [0.5, 0.6) is 5.75 Å². The Labute approximate surface area is 243 Å². The monoisotopic (exact) mass is 555 g/mol. The van der Waals surface area contributed by atoms with Crippen molar-refractivity contribution in [3.63, 3.8) is 0 Å². The molecule has 6 heteroatoms. The number of piperidine rings is 1. The highest BCUT2D eigenvalue weighted by Gasteiger charge is 2.27. The number of hydrogen-bond donors (Lipinski definition) is 2. The van der Waals surface area contributed by atoms with Crippen LogP contribution >= 0.6 is 0 Å². The van der Waals surface area contributed by atoms with Gasteiger partial charge in [0.25, 0.3) is 6.47 Å². The minimum absolute atomic E-state index is 0.0627. The average Bonchev–Trinajstić information content (AvgIpc) is 2.99. The summed E-state index contributed by atoms with van der Waals surface area (Å²) in [4.78, 5) is 9.60. The van der Waals surface area contributed by atoms with E-state index in [1.54, 1.807) is 0 Å². The summed E-state index contributed by atoms with van der Waals surface area (Å²) in [5, 5.41) is 15.3. The Bertz CT molecular complexity index is 1380. The van der Waals surface area contributed by atoms with Gasteiger partial charge in [-0.2, -0.15) is 0 Å². The van der Waals surface area contributed by atoms with Crippen molar-refractivity contribution in [3.8, 4) is 5.75 Å². The molecule has 4 aromatic carbocycles. The van der Waals surface area contributed by atoms with Crippen LogP contribution in [0.1, 0.15) is 55.4 Å². The molecule has 2 unspecified atom stereocenters. The van der Waals surface area contributed by atoms with Gasteiger partial charge in [0, 0.05) is 17.8 Å². The maximum Gasteiger partial charge on any atom is 0.293 e. The van der Waals surface area contributed by atoms with Gasteiger partial charge in [0.05, 0.1) is 19.3 Å². The third-order valence-corrected chi connectivity index (χ3v) is 6.97. The first-order valence-electron chi connectivity index (χ1n) is 14.2. The highest BCUT2D eigenvalue weighted by atomic mass is 16.5. The second-order valence-electron chi connectivity index (χ2n) is 11.3. The summed E-state index contributed by atoms with van der Waals surface area (Å²) in [6.07, 6.45) is 1.09. The number of aliphatic hydroxyl groups is 1. The van der Waals surface area contributed by atoms with E-state index < -0.39 is 0 Å². The Balaban J connectivity index is 0.000000493. The van der Waals surface area contributed by atoms with Crippen LogP contribution in [0.2, 0.25) is 0 Å². The Morgan fingerprint density at radius 3 is 2.37 bits per heavy atom. The minimum atomic E-state index is -0.318. The van der Waals surface area contributed by atoms with Crippen molar-refractivity contribution in [3.05, 3.63) is 113 Å². The standard InChI is InChI=1S/C30H31NO3.C5H10O2/c32-19-23-9-6-11-26(15-23)28-13-14-31-18-30(28)34-21-24-16-25-10-4-5-12-27(25)29(17-24)33-20-22-7-2-1-3-8-22;1-5(2,3)7-4-6/h1-12,15-17,28,30-32H,13-14,18-21H2;4H,1-3H3. The number of rotatable bonds is 9. The number of benzene rings is 4. The van der Waals surface area contributed by atoms with Crippen molar-refractivity contribution in [1.29, 1.82) is 0 Å². The van der Waals surface area contributed by atoms with Crippen LogP contribution in [0, 0.1) is 0 Å². The van der Waals surface area contributed by atoms with Gasteiger partial charge in [-0.15, -0.1) is 0 Å². The molecule has 1 aliphatic rings. The van der Waals surface area contributed by atoms with Crippen molar-refractivity contribution in [2.45, 2.75) is 64.6 Å². The molecule has 0 saturated carbocycles. The first-order valence-corrected chi connectivity index (χ1v) is 14.2. The molecule has 216 valence electrons. The fourth-order valence-electron chi connectivity index (χ4n) is 4.93. The molecule has 0 bridgehead atoms. The zero-order valence-electron chi connectivity index (χ0n) is 24.2.